The zero-order valence-electron chi connectivity index (χ0n) is 9.14. The summed E-state index contributed by atoms with van der Waals surface area (Å²) in [6.45, 7) is 1.89. The molecule has 0 unspecified atom stereocenters. The number of aryl methyl sites for hydroxylation is 1. The molecule has 2 aromatic rings. The van der Waals surface area contributed by atoms with Crippen molar-refractivity contribution in [3.05, 3.63) is 52.4 Å². The molecule has 0 aliphatic carbocycles. The number of pyridine rings is 2. The number of hydrogen-bond acceptors (Lipinski definition) is 3. The van der Waals surface area contributed by atoms with Crippen molar-refractivity contribution in [3.63, 3.8) is 0 Å². The molecule has 0 bridgehead atoms. The number of aromatic nitrogens is 2. The number of nitrogens with one attached hydrogen (secondary N) is 1. The van der Waals surface area contributed by atoms with Gasteiger partial charge in [-0.25, -0.2) is 4.98 Å². The largest absolute Gasteiger partial charge is 0.307 e. The van der Waals surface area contributed by atoms with Gasteiger partial charge in [0, 0.05) is 23.1 Å². The quantitative estimate of drug-likeness (QED) is 0.926. The molecule has 0 fully saturated rings. The second kappa shape index (κ2) is 5.05. The van der Waals surface area contributed by atoms with Crippen LogP contribution in [0, 0.1) is 6.92 Å². The highest BCUT2D eigenvalue weighted by Gasteiger charge is 2.06. The molecule has 0 aliphatic rings. The van der Waals surface area contributed by atoms with Gasteiger partial charge < -0.3 is 5.32 Å². The van der Waals surface area contributed by atoms with E-state index in [1.54, 1.807) is 24.5 Å². The van der Waals surface area contributed by atoms with Gasteiger partial charge in [0.05, 0.1) is 5.56 Å². The second-order valence-corrected chi connectivity index (χ2v) is 4.48. The van der Waals surface area contributed by atoms with E-state index in [4.69, 9.17) is 0 Å². The van der Waals surface area contributed by atoms with Crippen molar-refractivity contribution in [1.82, 2.24) is 9.97 Å². The maximum absolute atomic E-state index is 11.8. The van der Waals surface area contributed by atoms with Crippen LogP contribution in [0.25, 0.3) is 0 Å². The highest BCUT2D eigenvalue weighted by Crippen LogP contribution is 2.11. The smallest absolute Gasteiger partial charge is 0.258 e. The fraction of sp³-hybridized carbons (Fsp3) is 0.0833. The molecular weight excluding hydrogens is 282 g/mol. The first kappa shape index (κ1) is 11.7. The minimum absolute atomic E-state index is 0.212. The predicted molar refractivity (Wildman–Crippen MR) is 68.9 cm³/mol. The van der Waals surface area contributed by atoms with Crippen LogP contribution < -0.4 is 5.32 Å². The average Bonchev–Trinajstić information content (AvgIpc) is 2.32. The highest BCUT2D eigenvalue weighted by atomic mass is 79.9. The lowest BCUT2D eigenvalue weighted by Gasteiger charge is -2.04. The van der Waals surface area contributed by atoms with Crippen LogP contribution in [0.5, 0.6) is 0 Å². The monoisotopic (exact) mass is 291 g/mol. The van der Waals surface area contributed by atoms with E-state index >= 15 is 0 Å². The number of anilines is 1. The van der Waals surface area contributed by atoms with Crippen molar-refractivity contribution in [2.75, 3.05) is 5.32 Å². The lowest BCUT2D eigenvalue weighted by atomic mass is 10.2. The normalized spacial score (nSPS) is 10.0. The van der Waals surface area contributed by atoms with Crippen molar-refractivity contribution in [1.29, 1.82) is 0 Å². The molecule has 0 atom stereocenters. The molecule has 0 aliphatic heterocycles. The van der Waals surface area contributed by atoms with E-state index in [0.717, 1.165) is 10.0 Å². The molecule has 0 spiro atoms. The van der Waals surface area contributed by atoms with Crippen LogP contribution in [-0.2, 0) is 0 Å². The Labute approximate surface area is 107 Å². The van der Waals surface area contributed by atoms with Gasteiger partial charge in [-0.3, -0.25) is 9.78 Å². The molecule has 2 aromatic heterocycles. The number of nitrogens with zero attached hydrogens (tertiary/aromatic N) is 2. The van der Waals surface area contributed by atoms with E-state index in [1.165, 1.54) is 6.20 Å². The van der Waals surface area contributed by atoms with Crippen molar-refractivity contribution in [2.45, 2.75) is 6.92 Å². The maximum Gasteiger partial charge on any atom is 0.258 e. The van der Waals surface area contributed by atoms with Crippen LogP contribution in [0.4, 0.5) is 5.82 Å². The SMILES string of the molecule is Cc1cncc(C(=O)Nc2ccc(Br)cn2)c1. The summed E-state index contributed by atoms with van der Waals surface area (Å²) in [4.78, 5) is 19.9. The predicted octanol–water partition coefficient (Wildman–Crippen LogP) is 2.80. The fourth-order valence-corrected chi connectivity index (χ4v) is 1.55. The Morgan fingerprint density at radius 2 is 2.12 bits per heavy atom. The van der Waals surface area contributed by atoms with Gasteiger partial charge in [-0.2, -0.15) is 0 Å². The van der Waals surface area contributed by atoms with Crippen molar-refractivity contribution in [2.24, 2.45) is 0 Å². The first-order valence-electron chi connectivity index (χ1n) is 5.00. The van der Waals surface area contributed by atoms with Gasteiger partial charge >= 0.3 is 0 Å². The third-order valence-corrected chi connectivity index (χ3v) is 2.58. The van der Waals surface area contributed by atoms with Gasteiger partial charge in [-0.05, 0) is 46.6 Å². The number of carbonyl (C=O) groups excluding carboxylic acids is 1. The molecule has 17 heavy (non-hydrogen) atoms. The standard InChI is InChI=1S/C12H10BrN3O/c1-8-4-9(6-14-5-8)12(17)16-11-3-2-10(13)7-15-11/h2-7H,1H3,(H,15,16,17). The average molecular weight is 292 g/mol. The van der Waals surface area contributed by atoms with E-state index in [9.17, 15) is 4.79 Å². The summed E-state index contributed by atoms with van der Waals surface area (Å²) in [6, 6.07) is 5.32. The summed E-state index contributed by atoms with van der Waals surface area (Å²) in [5.41, 5.74) is 1.47. The van der Waals surface area contributed by atoms with Gasteiger partial charge in [0.2, 0.25) is 0 Å². The fourth-order valence-electron chi connectivity index (χ4n) is 1.32. The molecular formula is C12H10BrN3O. The summed E-state index contributed by atoms with van der Waals surface area (Å²) in [7, 11) is 0. The molecule has 2 heterocycles. The Hall–Kier alpha value is -1.75. The van der Waals surface area contributed by atoms with Crippen LogP contribution in [0.2, 0.25) is 0 Å². The molecule has 0 radical (unpaired) electrons. The van der Waals surface area contributed by atoms with E-state index in [2.05, 4.69) is 31.2 Å². The zero-order chi connectivity index (χ0) is 12.3. The van der Waals surface area contributed by atoms with Crippen LogP contribution in [-0.4, -0.2) is 15.9 Å². The summed E-state index contributed by atoms with van der Waals surface area (Å²) >= 11 is 3.28. The summed E-state index contributed by atoms with van der Waals surface area (Å²) in [5.74, 6) is 0.302. The van der Waals surface area contributed by atoms with E-state index in [0.29, 0.717) is 11.4 Å². The minimum atomic E-state index is -0.212. The first-order chi connectivity index (χ1) is 8.15. The number of carbonyl (C=O) groups is 1. The van der Waals surface area contributed by atoms with Gasteiger partial charge in [-0.15, -0.1) is 0 Å². The minimum Gasteiger partial charge on any atom is -0.307 e. The van der Waals surface area contributed by atoms with Gasteiger partial charge in [0.15, 0.2) is 0 Å². The molecule has 1 N–H and O–H groups in total. The molecule has 0 aromatic carbocycles. The number of halogens is 1. The van der Waals surface area contributed by atoms with Crippen molar-refractivity contribution < 1.29 is 4.79 Å². The van der Waals surface area contributed by atoms with Gasteiger partial charge in [0.25, 0.3) is 5.91 Å². The molecule has 1 amide bonds. The Bertz CT molecular complexity index is 540. The van der Waals surface area contributed by atoms with E-state index in [-0.39, 0.29) is 5.91 Å². The highest BCUT2D eigenvalue weighted by molar-refractivity contribution is 9.10. The molecule has 5 heteroatoms. The van der Waals surface area contributed by atoms with Gasteiger partial charge in [0.1, 0.15) is 5.82 Å². The van der Waals surface area contributed by atoms with E-state index in [1.807, 2.05) is 13.0 Å². The molecule has 86 valence electrons. The molecule has 4 nitrogen and oxygen atoms in total. The van der Waals surface area contributed by atoms with Crippen LogP contribution >= 0.6 is 15.9 Å². The Morgan fingerprint density at radius 1 is 1.29 bits per heavy atom. The van der Waals surface area contributed by atoms with Crippen molar-refractivity contribution >= 4 is 27.7 Å². The Balaban J connectivity index is 2.14. The zero-order valence-corrected chi connectivity index (χ0v) is 10.7. The lowest BCUT2D eigenvalue weighted by molar-refractivity contribution is 0.102. The Kier molecular flexibility index (Phi) is 3.49. The number of amides is 1. The summed E-state index contributed by atoms with van der Waals surface area (Å²) < 4.78 is 0.868. The third-order valence-electron chi connectivity index (χ3n) is 2.11. The van der Waals surface area contributed by atoms with Gasteiger partial charge in [-0.1, -0.05) is 0 Å². The summed E-state index contributed by atoms with van der Waals surface area (Å²) in [5, 5.41) is 2.70. The van der Waals surface area contributed by atoms with Crippen LogP contribution in [0.15, 0.2) is 41.3 Å². The lowest BCUT2D eigenvalue weighted by Crippen LogP contribution is -2.13. The number of hydrogen-bond donors (Lipinski definition) is 1. The second-order valence-electron chi connectivity index (χ2n) is 3.57. The topological polar surface area (TPSA) is 54.9 Å². The van der Waals surface area contributed by atoms with Crippen LogP contribution in [0.3, 0.4) is 0 Å². The molecule has 2 rings (SSSR count). The molecule has 0 saturated carbocycles. The van der Waals surface area contributed by atoms with E-state index < -0.39 is 0 Å². The molecule has 0 saturated heterocycles. The maximum atomic E-state index is 11.8. The summed E-state index contributed by atoms with van der Waals surface area (Å²) in [6.07, 6.45) is 4.86. The Morgan fingerprint density at radius 3 is 2.76 bits per heavy atom. The third kappa shape index (κ3) is 3.10. The number of rotatable bonds is 2. The first-order valence-corrected chi connectivity index (χ1v) is 5.79. The van der Waals surface area contributed by atoms with Crippen molar-refractivity contribution in [3.8, 4) is 0 Å². The van der Waals surface area contributed by atoms with Crippen LogP contribution in [0.1, 0.15) is 15.9 Å².